The van der Waals surface area contributed by atoms with Crippen LogP contribution in [0.3, 0.4) is 0 Å². The molecular formula is C13H13F2N3O. The summed E-state index contributed by atoms with van der Waals surface area (Å²) in [5, 5.41) is 2.81. The number of alkyl halides is 2. The number of nitrogens with zero attached hydrogens (tertiary/aromatic N) is 1. The maximum Gasteiger partial charge on any atom is 0.277 e. The normalized spacial score (nSPS) is 11.5. The lowest BCUT2D eigenvalue weighted by Crippen LogP contribution is -2.41. The van der Waals surface area contributed by atoms with Crippen molar-refractivity contribution in [3.8, 4) is 0 Å². The van der Waals surface area contributed by atoms with Gasteiger partial charge in [-0.15, -0.1) is 0 Å². The van der Waals surface area contributed by atoms with Crippen LogP contribution in [0, 0.1) is 0 Å². The van der Waals surface area contributed by atoms with E-state index in [1.54, 1.807) is 36.5 Å². The molecule has 0 radical (unpaired) electrons. The Morgan fingerprint density at radius 2 is 2.11 bits per heavy atom. The maximum absolute atomic E-state index is 13.0. The van der Waals surface area contributed by atoms with E-state index in [1.807, 2.05) is 0 Å². The van der Waals surface area contributed by atoms with Gasteiger partial charge in [-0.1, -0.05) is 12.1 Å². The minimum absolute atomic E-state index is 0.318. The average molecular weight is 265 g/mol. The van der Waals surface area contributed by atoms with E-state index < -0.39 is 24.9 Å². The Balaban J connectivity index is 2.23. The predicted octanol–water partition coefficient (Wildman–Crippen LogP) is 1.56. The molecule has 0 unspecified atom stereocenters. The van der Waals surface area contributed by atoms with Crippen molar-refractivity contribution in [3.63, 3.8) is 0 Å². The number of halogens is 2. The number of benzene rings is 1. The number of amides is 1. The van der Waals surface area contributed by atoms with Crippen molar-refractivity contribution in [1.29, 1.82) is 0 Å². The van der Waals surface area contributed by atoms with Crippen LogP contribution in [0.5, 0.6) is 0 Å². The zero-order valence-electron chi connectivity index (χ0n) is 10.1. The molecule has 0 fully saturated rings. The van der Waals surface area contributed by atoms with Crippen molar-refractivity contribution in [2.24, 2.45) is 5.73 Å². The summed E-state index contributed by atoms with van der Waals surface area (Å²) >= 11 is 0. The quantitative estimate of drug-likeness (QED) is 0.881. The first-order chi connectivity index (χ1) is 9.03. The van der Waals surface area contributed by atoms with Crippen LogP contribution >= 0.6 is 0 Å². The van der Waals surface area contributed by atoms with E-state index in [1.165, 1.54) is 0 Å². The van der Waals surface area contributed by atoms with Gasteiger partial charge >= 0.3 is 0 Å². The zero-order chi connectivity index (χ0) is 13.9. The Kier molecular flexibility index (Phi) is 3.71. The third-order valence-corrected chi connectivity index (χ3v) is 2.70. The fraction of sp³-hybridized carbons (Fsp3) is 0.231. The Morgan fingerprint density at radius 1 is 1.32 bits per heavy atom. The summed E-state index contributed by atoms with van der Waals surface area (Å²) in [7, 11) is 0. The monoisotopic (exact) mass is 265 g/mol. The number of aromatic nitrogens is 1. The van der Waals surface area contributed by atoms with E-state index in [-0.39, 0.29) is 0 Å². The lowest BCUT2D eigenvalue weighted by Gasteiger charge is -2.15. The zero-order valence-corrected chi connectivity index (χ0v) is 10.1. The minimum Gasteiger partial charge on any atom is -0.346 e. The molecule has 100 valence electrons. The smallest absolute Gasteiger partial charge is 0.277 e. The molecule has 0 saturated heterocycles. The largest absolute Gasteiger partial charge is 0.346 e. The number of carbonyl (C=O) groups is 1. The maximum atomic E-state index is 13.0. The van der Waals surface area contributed by atoms with Crippen molar-refractivity contribution in [3.05, 3.63) is 42.1 Å². The number of carbonyl (C=O) groups excluding carboxylic acids is 1. The number of hydrogen-bond donors (Lipinski definition) is 2. The summed E-state index contributed by atoms with van der Waals surface area (Å²) in [4.78, 5) is 16.0. The van der Waals surface area contributed by atoms with Crippen LogP contribution < -0.4 is 11.1 Å². The second kappa shape index (κ2) is 5.27. The van der Waals surface area contributed by atoms with Crippen molar-refractivity contribution >= 4 is 16.8 Å². The van der Waals surface area contributed by atoms with Crippen molar-refractivity contribution < 1.29 is 13.6 Å². The first-order valence-corrected chi connectivity index (χ1v) is 5.73. The molecule has 1 heterocycles. The van der Waals surface area contributed by atoms with Gasteiger partial charge in [0.2, 0.25) is 0 Å². The van der Waals surface area contributed by atoms with Crippen LogP contribution in [0.1, 0.15) is 10.4 Å². The average Bonchev–Trinajstić information content (AvgIpc) is 2.44. The Morgan fingerprint density at radius 3 is 2.84 bits per heavy atom. The van der Waals surface area contributed by atoms with E-state index in [9.17, 15) is 13.6 Å². The molecule has 0 aliphatic carbocycles. The van der Waals surface area contributed by atoms with Gasteiger partial charge in [-0.05, 0) is 18.2 Å². The van der Waals surface area contributed by atoms with Crippen molar-refractivity contribution in [2.75, 3.05) is 13.1 Å². The highest BCUT2D eigenvalue weighted by Gasteiger charge is 2.27. The number of pyridine rings is 1. The second-order valence-corrected chi connectivity index (χ2v) is 4.12. The molecule has 6 heteroatoms. The summed E-state index contributed by atoms with van der Waals surface area (Å²) in [5.74, 6) is -3.66. The van der Waals surface area contributed by atoms with Gasteiger partial charge in [0.15, 0.2) is 0 Å². The van der Waals surface area contributed by atoms with Gasteiger partial charge in [0, 0.05) is 17.1 Å². The summed E-state index contributed by atoms with van der Waals surface area (Å²) < 4.78 is 26.0. The summed E-state index contributed by atoms with van der Waals surface area (Å²) in [6.07, 6.45) is 1.60. The fourth-order valence-electron chi connectivity index (χ4n) is 1.68. The van der Waals surface area contributed by atoms with Gasteiger partial charge in [-0.2, -0.15) is 0 Å². The molecular weight excluding hydrogens is 252 g/mol. The number of nitrogens with two attached hydrogens (primary N) is 1. The molecule has 0 saturated carbocycles. The van der Waals surface area contributed by atoms with Crippen molar-refractivity contribution in [1.82, 2.24) is 10.3 Å². The number of hydrogen-bond acceptors (Lipinski definition) is 3. The van der Waals surface area contributed by atoms with Crippen LogP contribution in [0.15, 0.2) is 36.5 Å². The SMILES string of the molecule is NCC(F)(F)CNC(=O)c1cccc2ncccc12. The molecule has 3 N–H and O–H groups in total. The van der Waals surface area contributed by atoms with E-state index in [2.05, 4.69) is 10.3 Å². The summed E-state index contributed by atoms with van der Waals surface area (Å²) in [6, 6.07) is 8.39. The lowest BCUT2D eigenvalue weighted by molar-refractivity contribution is 0.0119. The van der Waals surface area contributed by atoms with Crippen molar-refractivity contribution in [2.45, 2.75) is 5.92 Å². The molecule has 1 aromatic heterocycles. The minimum atomic E-state index is -3.10. The molecule has 1 amide bonds. The second-order valence-electron chi connectivity index (χ2n) is 4.12. The standard InChI is InChI=1S/C13H13F2N3O/c14-13(15,7-16)8-18-12(19)10-3-1-5-11-9(10)4-2-6-17-11/h1-6H,7-8,16H2,(H,18,19). The molecule has 4 nitrogen and oxygen atoms in total. The van der Waals surface area contributed by atoms with Gasteiger partial charge in [0.1, 0.15) is 0 Å². The van der Waals surface area contributed by atoms with Crippen LogP contribution in [0.25, 0.3) is 10.9 Å². The highest BCUT2D eigenvalue weighted by Crippen LogP contribution is 2.16. The third-order valence-electron chi connectivity index (χ3n) is 2.70. The third kappa shape index (κ3) is 3.03. The van der Waals surface area contributed by atoms with Gasteiger partial charge < -0.3 is 11.1 Å². The highest BCUT2D eigenvalue weighted by molar-refractivity contribution is 6.06. The Bertz CT molecular complexity index is 596. The number of fused-ring (bicyclic) bond motifs is 1. The molecule has 0 bridgehead atoms. The van der Waals surface area contributed by atoms with E-state index in [0.29, 0.717) is 16.5 Å². The van der Waals surface area contributed by atoms with E-state index in [0.717, 1.165) is 0 Å². The van der Waals surface area contributed by atoms with Gasteiger partial charge in [-0.25, -0.2) is 8.78 Å². The fourth-order valence-corrected chi connectivity index (χ4v) is 1.68. The van der Waals surface area contributed by atoms with Crippen LogP contribution in [-0.2, 0) is 0 Å². The number of rotatable bonds is 4. The van der Waals surface area contributed by atoms with Crippen LogP contribution in [-0.4, -0.2) is 29.9 Å². The molecule has 2 aromatic rings. The van der Waals surface area contributed by atoms with Crippen LogP contribution in [0.2, 0.25) is 0 Å². The van der Waals surface area contributed by atoms with E-state index in [4.69, 9.17) is 5.73 Å². The lowest BCUT2D eigenvalue weighted by atomic mass is 10.1. The van der Waals surface area contributed by atoms with Gasteiger partial charge in [0.05, 0.1) is 18.6 Å². The van der Waals surface area contributed by atoms with Gasteiger partial charge in [0.25, 0.3) is 11.8 Å². The summed E-state index contributed by atoms with van der Waals surface area (Å²) in [6.45, 7) is -1.58. The molecule has 0 aliphatic rings. The van der Waals surface area contributed by atoms with Gasteiger partial charge in [-0.3, -0.25) is 9.78 Å². The Labute approximate surface area is 108 Å². The highest BCUT2D eigenvalue weighted by atomic mass is 19.3. The Hall–Kier alpha value is -2.08. The molecule has 1 aromatic carbocycles. The van der Waals surface area contributed by atoms with E-state index >= 15 is 0 Å². The molecule has 2 rings (SSSR count). The first-order valence-electron chi connectivity index (χ1n) is 5.73. The predicted molar refractivity (Wildman–Crippen MR) is 68.1 cm³/mol. The number of nitrogens with one attached hydrogen (secondary N) is 1. The molecule has 0 aliphatic heterocycles. The molecule has 19 heavy (non-hydrogen) atoms. The first kappa shape index (κ1) is 13.4. The topological polar surface area (TPSA) is 68.0 Å². The molecule has 0 spiro atoms. The summed E-state index contributed by atoms with van der Waals surface area (Å²) in [5.41, 5.74) is 5.87. The molecule has 0 atom stereocenters. The van der Waals surface area contributed by atoms with Crippen LogP contribution in [0.4, 0.5) is 8.78 Å².